The number of aromatic nitrogens is 2. The summed E-state index contributed by atoms with van der Waals surface area (Å²) in [5, 5.41) is 11.9. The van der Waals surface area contributed by atoms with Crippen molar-refractivity contribution in [2.75, 3.05) is 18.4 Å². The summed E-state index contributed by atoms with van der Waals surface area (Å²) in [6, 6.07) is 1.43. The molecule has 124 valence electrons. The monoisotopic (exact) mass is 372 g/mol. The molecule has 0 bridgehead atoms. The molecule has 1 N–H and O–H groups in total. The zero-order chi connectivity index (χ0) is 16.4. The van der Waals surface area contributed by atoms with E-state index in [1.54, 1.807) is 0 Å². The number of thiophene rings is 1. The molecule has 3 heterocycles. The molecule has 10 heteroatoms. The van der Waals surface area contributed by atoms with E-state index in [9.17, 15) is 13.2 Å². The predicted octanol–water partition coefficient (Wildman–Crippen LogP) is 2.27. The fraction of sp³-hybridized carbons (Fsp3) is 0.462. The van der Waals surface area contributed by atoms with Gasteiger partial charge in [-0.15, -0.1) is 21.5 Å². The van der Waals surface area contributed by atoms with Gasteiger partial charge >= 0.3 is 0 Å². The molecule has 0 aliphatic carbocycles. The Bertz CT molecular complexity index is 777. The molecule has 0 saturated carbocycles. The minimum atomic E-state index is -3.52. The number of hydrogen-bond donors (Lipinski definition) is 1. The first-order valence-corrected chi connectivity index (χ1v) is 10.3. The summed E-state index contributed by atoms with van der Waals surface area (Å²) in [7, 11) is -3.52. The quantitative estimate of drug-likeness (QED) is 0.889. The summed E-state index contributed by atoms with van der Waals surface area (Å²) in [5.74, 6) is 0.178. The van der Waals surface area contributed by atoms with Gasteiger partial charge in [-0.25, -0.2) is 8.42 Å². The second kappa shape index (κ2) is 6.63. The molecule has 3 rings (SSSR count). The van der Waals surface area contributed by atoms with Crippen molar-refractivity contribution in [2.45, 2.75) is 24.7 Å². The molecule has 1 aliphatic rings. The smallest absolute Gasteiger partial charge is 0.267 e. The van der Waals surface area contributed by atoms with E-state index < -0.39 is 10.0 Å². The highest BCUT2D eigenvalue weighted by atomic mass is 32.2. The van der Waals surface area contributed by atoms with Crippen LogP contribution in [0.4, 0.5) is 5.13 Å². The molecule has 2 aromatic heterocycles. The van der Waals surface area contributed by atoms with E-state index in [-0.39, 0.29) is 10.8 Å². The van der Waals surface area contributed by atoms with Crippen LogP contribution in [0.5, 0.6) is 0 Å². The lowest BCUT2D eigenvalue weighted by atomic mass is 10.0. The van der Waals surface area contributed by atoms with E-state index >= 15 is 0 Å². The number of hydrogen-bond acceptors (Lipinski definition) is 7. The Hall–Kier alpha value is -1.36. The van der Waals surface area contributed by atoms with Crippen LogP contribution in [0.25, 0.3) is 0 Å². The third-order valence-electron chi connectivity index (χ3n) is 3.76. The maximum absolute atomic E-state index is 12.6. The van der Waals surface area contributed by atoms with Crippen LogP contribution in [0.3, 0.4) is 0 Å². The van der Waals surface area contributed by atoms with Crippen LogP contribution >= 0.6 is 22.7 Å². The van der Waals surface area contributed by atoms with Gasteiger partial charge in [-0.05, 0) is 24.8 Å². The van der Waals surface area contributed by atoms with E-state index in [4.69, 9.17) is 0 Å². The topological polar surface area (TPSA) is 92.3 Å². The largest absolute Gasteiger partial charge is 0.296 e. The van der Waals surface area contributed by atoms with Gasteiger partial charge in [-0.1, -0.05) is 18.3 Å². The fourth-order valence-corrected chi connectivity index (χ4v) is 5.40. The number of rotatable bonds is 4. The molecule has 0 radical (unpaired) electrons. The summed E-state index contributed by atoms with van der Waals surface area (Å²) in [5.41, 5.74) is 1.51. The van der Waals surface area contributed by atoms with Gasteiger partial charge in [0.25, 0.3) is 5.91 Å². The van der Waals surface area contributed by atoms with Gasteiger partial charge in [-0.3, -0.25) is 10.1 Å². The second-order valence-electron chi connectivity index (χ2n) is 5.43. The van der Waals surface area contributed by atoms with Gasteiger partial charge in [-0.2, -0.15) is 4.31 Å². The Kier molecular flexibility index (Phi) is 4.76. The van der Waals surface area contributed by atoms with Gasteiger partial charge in [0, 0.05) is 18.5 Å². The van der Waals surface area contributed by atoms with Crippen molar-refractivity contribution in [1.82, 2.24) is 14.5 Å². The van der Waals surface area contributed by atoms with Gasteiger partial charge in [0.2, 0.25) is 15.2 Å². The summed E-state index contributed by atoms with van der Waals surface area (Å²) in [6.07, 6.45) is 1.74. The van der Waals surface area contributed by atoms with Crippen LogP contribution < -0.4 is 5.32 Å². The molecule has 0 unspecified atom stereocenters. The molecule has 23 heavy (non-hydrogen) atoms. The highest BCUT2D eigenvalue weighted by Crippen LogP contribution is 2.27. The first-order chi connectivity index (χ1) is 11.0. The number of carbonyl (C=O) groups excluding carboxylic acids is 1. The van der Waals surface area contributed by atoms with Crippen molar-refractivity contribution in [1.29, 1.82) is 0 Å². The maximum Gasteiger partial charge on any atom is 0.267 e. The van der Waals surface area contributed by atoms with E-state index in [0.717, 1.165) is 24.2 Å². The molecular weight excluding hydrogens is 356 g/mol. The van der Waals surface area contributed by atoms with Gasteiger partial charge in [0.1, 0.15) is 5.51 Å². The molecule has 7 nitrogen and oxygen atoms in total. The molecule has 0 aromatic carbocycles. The van der Waals surface area contributed by atoms with E-state index in [2.05, 4.69) is 22.4 Å². The highest BCUT2D eigenvalue weighted by molar-refractivity contribution is 7.89. The van der Waals surface area contributed by atoms with Gasteiger partial charge in [0.05, 0.1) is 9.77 Å². The van der Waals surface area contributed by atoms with Crippen LogP contribution in [0, 0.1) is 5.92 Å². The second-order valence-corrected chi connectivity index (χ2v) is 9.11. The molecule has 0 atom stereocenters. The zero-order valence-electron chi connectivity index (χ0n) is 12.4. The number of anilines is 1. The van der Waals surface area contributed by atoms with Crippen molar-refractivity contribution < 1.29 is 13.2 Å². The van der Waals surface area contributed by atoms with Crippen LogP contribution in [0.1, 0.15) is 29.4 Å². The van der Waals surface area contributed by atoms with Crippen molar-refractivity contribution in [2.24, 2.45) is 5.92 Å². The third kappa shape index (κ3) is 3.60. The first-order valence-electron chi connectivity index (χ1n) is 7.13. The predicted molar refractivity (Wildman–Crippen MR) is 89.3 cm³/mol. The first kappa shape index (κ1) is 16.5. The van der Waals surface area contributed by atoms with Crippen LogP contribution in [0.2, 0.25) is 0 Å². The lowest BCUT2D eigenvalue weighted by Crippen LogP contribution is -2.37. The highest BCUT2D eigenvalue weighted by Gasteiger charge is 2.29. The zero-order valence-corrected chi connectivity index (χ0v) is 14.9. The molecular formula is C13H16N4O3S3. The van der Waals surface area contributed by atoms with E-state index in [0.29, 0.717) is 29.0 Å². The summed E-state index contributed by atoms with van der Waals surface area (Å²) in [6.45, 7) is 3.20. The Labute approximate surface area is 142 Å². The van der Waals surface area contributed by atoms with E-state index in [1.165, 1.54) is 32.6 Å². The van der Waals surface area contributed by atoms with Crippen molar-refractivity contribution in [3.05, 3.63) is 21.8 Å². The number of carbonyl (C=O) groups is 1. The number of piperidine rings is 1. The molecule has 1 amide bonds. The SMILES string of the molecule is CC1CCN(S(=O)(=O)c2csc(C(=O)Nc3nncs3)c2)CC1. The van der Waals surface area contributed by atoms with Gasteiger partial charge < -0.3 is 0 Å². The maximum atomic E-state index is 12.6. The lowest BCUT2D eigenvalue weighted by molar-refractivity contribution is 0.103. The van der Waals surface area contributed by atoms with Crippen LogP contribution in [-0.2, 0) is 10.0 Å². The lowest BCUT2D eigenvalue weighted by Gasteiger charge is -2.29. The fourth-order valence-electron chi connectivity index (χ4n) is 2.33. The Morgan fingerprint density at radius 3 is 2.74 bits per heavy atom. The number of amides is 1. The minimum absolute atomic E-state index is 0.180. The molecule has 1 aliphatic heterocycles. The Balaban J connectivity index is 1.74. The normalized spacial score (nSPS) is 17.3. The van der Waals surface area contributed by atoms with Crippen molar-refractivity contribution in [3.63, 3.8) is 0 Å². The Morgan fingerprint density at radius 2 is 2.09 bits per heavy atom. The number of nitrogens with one attached hydrogen (secondary N) is 1. The number of nitrogens with zero attached hydrogens (tertiary/aromatic N) is 3. The third-order valence-corrected chi connectivity index (χ3v) is 7.32. The molecule has 2 aromatic rings. The summed E-state index contributed by atoms with van der Waals surface area (Å²) in [4.78, 5) is 12.6. The average Bonchev–Trinajstić information content (AvgIpc) is 3.19. The van der Waals surface area contributed by atoms with Crippen LogP contribution in [0.15, 0.2) is 21.9 Å². The molecule has 0 spiro atoms. The standard InChI is InChI=1S/C13H16N4O3S3/c1-9-2-4-17(5-3-9)23(19,20)10-6-11(21-7-10)12(18)15-13-16-14-8-22-13/h6-9H,2-5H2,1H3,(H,15,16,18). The van der Waals surface area contributed by atoms with Crippen LogP contribution in [-0.4, -0.2) is 41.9 Å². The van der Waals surface area contributed by atoms with Crippen molar-refractivity contribution >= 4 is 43.7 Å². The van der Waals surface area contributed by atoms with Gasteiger partial charge in [0.15, 0.2) is 0 Å². The Morgan fingerprint density at radius 1 is 1.35 bits per heavy atom. The summed E-state index contributed by atoms with van der Waals surface area (Å²) >= 11 is 2.31. The average molecular weight is 372 g/mol. The number of sulfonamides is 1. The summed E-state index contributed by atoms with van der Waals surface area (Å²) < 4.78 is 26.8. The van der Waals surface area contributed by atoms with E-state index in [1.807, 2.05) is 0 Å². The minimum Gasteiger partial charge on any atom is -0.296 e. The molecule has 1 saturated heterocycles. The van der Waals surface area contributed by atoms with Crippen molar-refractivity contribution in [3.8, 4) is 0 Å². The molecule has 1 fully saturated rings.